The summed E-state index contributed by atoms with van der Waals surface area (Å²) < 4.78 is 1.21. The van der Waals surface area contributed by atoms with Crippen LogP contribution in [-0.2, 0) is 0 Å². The van der Waals surface area contributed by atoms with Gasteiger partial charge >= 0.3 is 0 Å². The van der Waals surface area contributed by atoms with E-state index in [2.05, 4.69) is 55.2 Å². The predicted molar refractivity (Wildman–Crippen MR) is 60.8 cm³/mol. The Morgan fingerprint density at radius 1 is 1.40 bits per heavy atom. The van der Waals surface area contributed by atoms with Gasteiger partial charge in [-0.1, -0.05) is 53.9 Å². The highest BCUT2D eigenvalue weighted by atomic mass is 127. The van der Waals surface area contributed by atoms with Gasteiger partial charge < -0.3 is 0 Å². The van der Waals surface area contributed by atoms with Crippen LogP contribution in [0.1, 0.15) is 6.92 Å². The summed E-state index contributed by atoms with van der Waals surface area (Å²) in [4.78, 5) is 0. The zero-order chi connectivity index (χ0) is 8.20. The molecule has 0 rings (SSSR count). The minimum Gasteiger partial charge on any atom is -0.0880 e. The second-order valence-electron chi connectivity index (χ2n) is 3.82. The molecule has 10 heavy (non-hydrogen) atoms. The molecule has 0 aliphatic rings. The molecule has 0 radical (unpaired) electrons. The Hall–Kier alpha value is 0.687. The molecule has 0 nitrogen and oxygen atoms in total. The van der Waals surface area contributed by atoms with Gasteiger partial charge in [-0.2, -0.15) is 0 Å². The molecule has 0 unspecified atom stereocenters. The largest absolute Gasteiger partial charge is 0.0880 e. The van der Waals surface area contributed by atoms with E-state index < -0.39 is 8.07 Å². The van der Waals surface area contributed by atoms with E-state index in [1.165, 1.54) is 10.5 Å². The van der Waals surface area contributed by atoms with Crippen LogP contribution in [0.5, 0.6) is 0 Å². The van der Waals surface area contributed by atoms with Crippen LogP contribution in [0, 0.1) is 0 Å². The molecule has 0 N–H and O–H groups in total. The van der Waals surface area contributed by atoms with Crippen LogP contribution < -0.4 is 0 Å². The average molecular weight is 268 g/mol. The van der Waals surface area contributed by atoms with Gasteiger partial charge in [-0.25, -0.2) is 0 Å². The molecule has 0 bridgehead atoms. The summed E-state index contributed by atoms with van der Waals surface area (Å²) >= 11 is 2.44. The Kier molecular flexibility index (Phi) is 4.85. The molecule has 0 heterocycles. The normalized spacial score (nSPS) is 13.9. The lowest BCUT2D eigenvalue weighted by Gasteiger charge is -2.16. The van der Waals surface area contributed by atoms with Crippen molar-refractivity contribution >= 4 is 30.7 Å². The second kappa shape index (κ2) is 4.54. The van der Waals surface area contributed by atoms with E-state index >= 15 is 0 Å². The highest BCUT2D eigenvalue weighted by Gasteiger charge is 2.13. The first-order chi connectivity index (χ1) is 4.49. The quantitative estimate of drug-likeness (QED) is 0.317. The average Bonchev–Trinajstić information content (AvgIpc) is 1.81. The van der Waals surface area contributed by atoms with E-state index in [0.717, 1.165) is 0 Å². The van der Waals surface area contributed by atoms with E-state index in [0.29, 0.717) is 0 Å². The molecular formula is C8H17ISi. The maximum atomic E-state index is 2.44. The van der Waals surface area contributed by atoms with Crippen LogP contribution in [0.3, 0.4) is 0 Å². The van der Waals surface area contributed by atoms with Crippen molar-refractivity contribution in [3.8, 4) is 0 Å². The second-order valence-corrected chi connectivity index (χ2v) is 10.1. The van der Waals surface area contributed by atoms with Crippen molar-refractivity contribution in [3.63, 3.8) is 0 Å². The maximum absolute atomic E-state index is 2.44. The Balaban J connectivity index is 3.88. The van der Waals surface area contributed by atoms with Crippen LogP contribution in [0.2, 0.25) is 25.7 Å². The fourth-order valence-corrected chi connectivity index (χ4v) is 3.82. The Bertz CT molecular complexity index is 122. The van der Waals surface area contributed by atoms with Crippen molar-refractivity contribution in [2.45, 2.75) is 32.6 Å². The lowest BCUT2D eigenvalue weighted by Crippen LogP contribution is -2.20. The highest BCUT2D eigenvalue weighted by Crippen LogP contribution is 2.17. The SMILES string of the molecule is C/C=C(/CI)C[Si](C)(C)C. The standard InChI is InChI=1S/C8H17ISi/c1-5-8(6-9)7-10(2,3)4/h5H,6-7H2,1-4H3/b8-5-. The van der Waals surface area contributed by atoms with Crippen molar-refractivity contribution < 1.29 is 0 Å². The van der Waals surface area contributed by atoms with E-state index in [1.807, 2.05) is 0 Å². The first-order valence-corrected chi connectivity index (χ1v) is 8.93. The van der Waals surface area contributed by atoms with Crippen LogP contribution in [0.4, 0.5) is 0 Å². The number of hydrogen-bond acceptors (Lipinski definition) is 0. The molecule has 0 aromatic rings. The first-order valence-electron chi connectivity index (χ1n) is 3.69. The maximum Gasteiger partial charge on any atom is 0.0483 e. The Morgan fingerprint density at radius 3 is 2.00 bits per heavy atom. The van der Waals surface area contributed by atoms with Crippen molar-refractivity contribution in [2.24, 2.45) is 0 Å². The van der Waals surface area contributed by atoms with Gasteiger partial charge in [-0.3, -0.25) is 0 Å². The topological polar surface area (TPSA) is 0 Å². The molecular weight excluding hydrogens is 251 g/mol. The zero-order valence-electron chi connectivity index (χ0n) is 7.37. The van der Waals surface area contributed by atoms with Gasteiger partial charge in [0.25, 0.3) is 0 Å². The summed E-state index contributed by atoms with van der Waals surface area (Å²) in [5.41, 5.74) is 1.62. The molecule has 0 amide bonds. The molecule has 0 aromatic carbocycles. The van der Waals surface area contributed by atoms with Crippen molar-refractivity contribution in [3.05, 3.63) is 11.6 Å². The third kappa shape index (κ3) is 5.47. The molecule has 0 spiro atoms. The summed E-state index contributed by atoms with van der Waals surface area (Å²) in [7, 11) is -0.835. The molecule has 0 saturated carbocycles. The highest BCUT2D eigenvalue weighted by molar-refractivity contribution is 14.1. The summed E-state index contributed by atoms with van der Waals surface area (Å²) in [6, 6.07) is 1.37. The first kappa shape index (κ1) is 10.7. The fourth-order valence-electron chi connectivity index (χ4n) is 0.908. The van der Waals surface area contributed by atoms with Crippen molar-refractivity contribution in [1.29, 1.82) is 0 Å². The van der Waals surface area contributed by atoms with Crippen molar-refractivity contribution in [2.75, 3.05) is 4.43 Å². The smallest absolute Gasteiger partial charge is 0.0483 e. The zero-order valence-corrected chi connectivity index (χ0v) is 10.5. The van der Waals surface area contributed by atoms with Crippen molar-refractivity contribution in [1.82, 2.24) is 0 Å². The lowest BCUT2D eigenvalue weighted by molar-refractivity contribution is 1.32. The van der Waals surface area contributed by atoms with Crippen LogP contribution in [0.15, 0.2) is 11.6 Å². The van der Waals surface area contributed by atoms with E-state index in [9.17, 15) is 0 Å². The number of rotatable bonds is 3. The van der Waals surface area contributed by atoms with Gasteiger partial charge in [-0.15, -0.1) is 0 Å². The summed E-state index contributed by atoms with van der Waals surface area (Å²) in [6.07, 6.45) is 2.27. The minimum absolute atomic E-state index is 0.835. The number of hydrogen-bond donors (Lipinski definition) is 0. The van der Waals surface area contributed by atoms with Gasteiger partial charge in [0, 0.05) is 12.5 Å². The number of alkyl halides is 1. The molecule has 0 atom stereocenters. The fraction of sp³-hybridized carbons (Fsp3) is 0.750. The third-order valence-corrected chi connectivity index (χ3v) is 3.83. The molecule has 0 aliphatic carbocycles. The predicted octanol–water partition coefficient (Wildman–Crippen LogP) is 3.71. The Labute approximate surface area is 79.2 Å². The third-order valence-electron chi connectivity index (χ3n) is 1.34. The van der Waals surface area contributed by atoms with Crippen LogP contribution in [-0.4, -0.2) is 12.5 Å². The summed E-state index contributed by atoms with van der Waals surface area (Å²) in [6.45, 7) is 9.41. The molecule has 0 aliphatic heterocycles. The molecule has 2 heteroatoms. The van der Waals surface area contributed by atoms with Gasteiger partial charge in [0.1, 0.15) is 0 Å². The van der Waals surface area contributed by atoms with E-state index in [1.54, 1.807) is 5.57 Å². The van der Waals surface area contributed by atoms with E-state index in [4.69, 9.17) is 0 Å². The molecule has 0 saturated heterocycles. The van der Waals surface area contributed by atoms with Gasteiger partial charge in [0.05, 0.1) is 0 Å². The molecule has 60 valence electrons. The minimum atomic E-state index is -0.835. The molecule has 0 aromatic heterocycles. The van der Waals surface area contributed by atoms with Gasteiger partial charge in [0.15, 0.2) is 0 Å². The monoisotopic (exact) mass is 268 g/mol. The summed E-state index contributed by atoms with van der Waals surface area (Å²) in [5, 5.41) is 0. The van der Waals surface area contributed by atoms with Gasteiger partial charge in [-0.05, 0) is 13.0 Å². The van der Waals surface area contributed by atoms with Crippen LogP contribution >= 0.6 is 22.6 Å². The van der Waals surface area contributed by atoms with E-state index in [-0.39, 0.29) is 0 Å². The lowest BCUT2D eigenvalue weighted by atomic mass is 10.3. The van der Waals surface area contributed by atoms with Gasteiger partial charge in [0.2, 0.25) is 0 Å². The number of allylic oxidation sites excluding steroid dienone is 2. The number of halogens is 1. The van der Waals surface area contributed by atoms with Crippen LogP contribution in [0.25, 0.3) is 0 Å². The molecule has 0 fully saturated rings. The summed E-state index contributed by atoms with van der Waals surface area (Å²) in [5.74, 6) is 0. The Morgan fingerprint density at radius 2 is 1.90 bits per heavy atom.